The van der Waals surface area contributed by atoms with Crippen LogP contribution in [0.3, 0.4) is 0 Å². The van der Waals surface area contributed by atoms with Gasteiger partial charge in [-0.1, -0.05) is 20.8 Å². The molecule has 18 heavy (non-hydrogen) atoms. The Balaban J connectivity index is 2.08. The molecule has 0 radical (unpaired) electrons. The predicted molar refractivity (Wildman–Crippen MR) is 70.7 cm³/mol. The van der Waals surface area contributed by atoms with Crippen molar-refractivity contribution in [2.75, 3.05) is 12.4 Å². The van der Waals surface area contributed by atoms with E-state index in [1.807, 2.05) is 6.92 Å². The Morgan fingerprint density at radius 3 is 2.61 bits per heavy atom. The summed E-state index contributed by atoms with van der Waals surface area (Å²) >= 11 is 5.51. The number of hydrogen-bond donors (Lipinski definition) is 2. The van der Waals surface area contributed by atoms with Gasteiger partial charge in [0.15, 0.2) is 5.78 Å². The Labute approximate surface area is 113 Å². The lowest BCUT2D eigenvalue weighted by Crippen LogP contribution is -2.50. The molecule has 2 rings (SSSR count). The molecule has 0 aromatic carbocycles. The zero-order valence-electron chi connectivity index (χ0n) is 11.2. The van der Waals surface area contributed by atoms with Crippen LogP contribution in [0.15, 0.2) is 0 Å². The number of carbonyl (C=O) groups is 2. The number of urea groups is 1. The molecule has 0 aromatic rings. The van der Waals surface area contributed by atoms with E-state index in [0.717, 1.165) is 12.8 Å². The van der Waals surface area contributed by atoms with Crippen LogP contribution in [0.1, 0.15) is 33.6 Å². The van der Waals surface area contributed by atoms with Crippen molar-refractivity contribution in [2.24, 2.45) is 16.7 Å². The molecule has 0 aliphatic heterocycles. The Bertz CT molecular complexity index is 383. The summed E-state index contributed by atoms with van der Waals surface area (Å²) in [6, 6.07) is -0.630. The fraction of sp³-hybridized carbons (Fsp3) is 0.846. The standard InChI is InChI=1S/C13H21ClN2O2/c1-12(2)8-4-5-13(12,3)10(17)9(8)16-11(18)15-7-6-14/h8-9H,4-7H2,1-3H3,(H2,15,16,18)/t8-,9-,13-/m1/s1. The van der Waals surface area contributed by atoms with E-state index in [4.69, 9.17) is 11.6 Å². The van der Waals surface area contributed by atoms with Gasteiger partial charge >= 0.3 is 6.03 Å². The summed E-state index contributed by atoms with van der Waals surface area (Å²) in [4.78, 5) is 24.1. The van der Waals surface area contributed by atoms with Gasteiger partial charge in [-0.05, 0) is 24.2 Å². The maximum Gasteiger partial charge on any atom is 0.315 e. The van der Waals surface area contributed by atoms with Crippen LogP contribution in [0.4, 0.5) is 4.79 Å². The van der Waals surface area contributed by atoms with Gasteiger partial charge in [0.1, 0.15) is 0 Å². The average Bonchev–Trinajstić information content (AvgIpc) is 2.61. The minimum absolute atomic E-state index is 0.0332. The number of hydrogen-bond acceptors (Lipinski definition) is 2. The second kappa shape index (κ2) is 4.41. The lowest BCUT2D eigenvalue weighted by Gasteiger charge is -2.32. The highest BCUT2D eigenvalue weighted by molar-refractivity contribution is 6.18. The molecule has 2 aliphatic carbocycles. The lowest BCUT2D eigenvalue weighted by atomic mass is 9.70. The number of ketones is 1. The first-order valence-corrected chi connectivity index (χ1v) is 7.02. The van der Waals surface area contributed by atoms with Crippen LogP contribution in [0, 0.1) is 16.7 Å². The summed E-state index contributed by atoms with van der Waals surface area (Å²) in [6.07, 6.45) is 1.95. The Morgan fingerprint density at radius 2 is 2.11 bits per heavy atom. The molecule has 0 heterocycles. The second-order valence-corrected chi connectivity index (χ2v) is 6.51. The number of carbonyl (C=O) groups excluding carboxylic acids is 2. The molecular formula is C13H21ClN2O2. The monoisotopic (exact) mass is 272 g/mol. The van der Waals surface area contributed by atoms with Crippen molar-refractivity contribution in [1.82, 2.24) is 10.6 Å². The highest BCUT2D eigenvalue weighted by atomic mass is 35.5. The third-order valence-corrected chi connectivity index (χ3v) is 5.39. The minimum Gasteiger partial charge on any atom is -0.337 e. The van der Waals surface area contributed by atoms with E-state index in [9.17, 15) is 9.59 Å². The number of halogens is 1. The second-order valence-electron chi connectivity index (χ2n) is 6.13. The van der Waals surface area contributed by atoms with Gasteiger partial charge in [-0.15, -0.1) is 11.6 Å². The highest BCUT2D eigenvalue weighted by Gasteiger charge is 2.66. The molecule has 5 heteroatoms. The van der Waals surface area contributed by atoms with Crippen LogP contribution in [0.5, 0.6) is 0 Å². The van der Waals surface area contributed by atoms with E-state index in [1.54, 1.807) is 0 Å². The number of fused-ring (bicyclic) bond motifs is 2. The molecule has 0 unspecified atom stereocenters. The van der Waals surface area contributed by atoms with Crippen molar-refractivity contribution >= 4 is 23.4 Å². The molecule has 3 atom stereocenters. The van der Waals surface area contributed by atoms with Gasteiger partial charge in [0, 0.05) is 17.8 Å². The zero-order valence-corrected chi connectivity index (χ0v) is 11.9. The van der Waals surface area contributed by atoms with E-state index < -0.39 is 0 Å². The van der Waals surface area contributed by atoms with Gasteiger partial charge in [-0.3, -0.25) is 4.79 Å². The lowest BCUT2D eigenvalue weighted by molar-refractivity contribution is -0.129. The molecule has 2 bridgehead atoms. The van der Waals surface area contributed by atoms with E-state index in [-0.39, 0.29) is 34.6 Å². The summed E-state index contributed by atoms with van der Waals surface area (Å²) in [6.45, 7) is 6.73. The summed E-state index contributed by atoms with van der Waals surface area (Å²) in [7, 11) is 0. The van der Waals surface area contributed by atoms with Crippen molar-refractivity contribution in [1.29, 1.82) is 0 Å². The van der Waals surface area contributed by atoms with Gasteiger partial charge < -0.3 is 10.6 Å². The number of amides is 2. The van der Waals surface area contributed by atoms with Crippen LogP contribution in [0.2, 0.25) is 0 Å². The van der Waals surface area contributed by atoms with Crippen molar-refractivity contribution in [3.05, 3.63) is 0 Å². The first-order chi connectivity index (χ1) is 8.34. The molecule has 102 valence electrons. The quantitative estimate of drug-likeness (QED) is 0.771. The summed E-state index contributed by atoms with van der Waals surface area (Å²) in [5, 5.41) is 5.46. The normalized spacial score (nSPS) is 36.8. The van der Waals surface area contributed by atoms with Crippen LogP contribution in [-0.4, -0.2) is 30.3 Å². The first-order valence-electron chi connectivity index (χ1n) is 6.49. The van der Waals surface area contributed by atoms with Crippen LogP contribution >= 0.6 is 11.6 Å². The molecule has 0 aromatic heterocycles. The fourth-order valence-electron chi connectivity index (χ4n) is 3.61. The Morgan fingerprint density at radius 1 is 1.44 bits per heavy atom. The molecule has 0 saturated heterocycles. The molecule has 0 spiro atoms. The zero-order chi connectivity index (χ0) is 13.6. The number of nitrogens with one attached hydrogen (secondary N) is 2. The fourth-order valence-corrected chi connectivity index (χ4v) is 3.70. The SMILES string of the molecule is CC1(C)[C@@H]2CC[C@]1(C)C(=O)[C@@H]2NC(=O)NCCCl. The van der Waals surface area contributed by atoms with E-state index >= 15 is 0 Å². The van der Waals surface area contributed by atoms with Gasteiger partial charge in [-0.25, -0.2) is 4.79 Å². The van der Waals surface area contributed by atoms with Crippen molar-refractivity contribution < 1.29 is 9.59 Å². The van der Waals surface area contributed by atoms with Crippen molar-refractivity contribution in [3.63, 3.8) is 0 Å². The molecular weight excluding hydrogens is 252 g/mol. The van der Waals surface area contributed by atoms with Gasteiger partial charge in [0.2, 0.25) is 0 Å². The summed E-state index contributed by atoms with van der Waals surface area (Å²) in [5.41, 5.74) is -0.323. The number of alkyl halides is 1. The molecule has 2 fully saturated rings. The molecule has 2 aliphatic rings. The topological polar surface area (TPSA) is 58.2 Å². The maximum absolute atomic E-state index is 12.4. The molecule has 2 N–H and O–H groups in total. The molecule has 2 saturated carbocycles. The largest absolute Gasteiger partial charge is 0.337 e. The number of Topliss-reactive ketones (excluding diaryl/α,β-unsaturated/α-hetero) is 1. The average molecular weight is 273 g/mol. The van der Waals surface area contributed by atoms with E-state index in [0.29, 0.717) is 12.4 Å². The number of rotatable bonds is 3. The van der Waals surface area contributed by atoms with Crippen molar-refractivity contribution in [3.8, 4) is 0 Å². The summed E-state index contributed by atoms with van der Waals surface area (Å²) < 4.78 is 0. The highest BCUT2D eigenvalue weighted by Crippen LogP contribution is 2.63. The first kappa shape index (κ1) is 13.7. The van der Waals surface area contributed by atoms with Gasteiger partial charge in [0.25, 0.3) is 0 Å². The molecule has 2 amide bonds. The van der Waals surface area contributed by atoms with Crippen LogP contribution in [-0.2, 0) is 4.79 Å². The third kappa shape index (κ3) is 1.73. The molecule has 4 nitrogen and oxygen atoms in total. The Kier molecular flexibility index (Phi) is 3.34. The van der Waals surface area contributed by atoms with Crippen molar-refractivity contribution in [2.45, 2.75) is 39.7 Å². The Hall–Kier alpha value is -0.770. The summed E-state index contributed by atoms with van der Waals surface area (Å²) in [5.74, 6) is 0.806. The predicted octanol–water partition coefficient (Wildman–Crippen LogP) is 1.92. The van der Waals surface area contributed by atoms with Gasteiger partial charge in [-0.2, -0.15) is 0 Å². The van der Waals surface area contributed by atoms with E-state index in [1.165, 1.54) is 0 Å². The van der Waals surface area contributed by atoms with Crippen LogP contribution < -0.4 is 10.6 Å². The van der Waals surface area contributed by atoms with E-state index in [2.05, 4.69) is 24.5 Å². The van der Waals surface area contributed by atoms with Gasteiger partial charge in [0.05, 0.1) is 6.04 Å². The third-order valence-electron chi connectivity index (χ3n) is 5.20. The maximum atomic E-state index is 12.4. The smallest absolute Gasteiger partial charge is 0.315 e. The van der Waals surface area contributed by atoms with Crippen LogP contribution in [0.25, 0.3) is 0 Å². The minimum atomic E-state index is -0.339.